The van der Waals surface area contributed by atoms with Crippen LogP contribution < -0.4 is 10.6 Å². The van der Waals surface area contributed by atoms with Crippen LogP contribution in [0.25, 0.3) is 0 Å². The minimum atomic E-state index is -0.307. The Morgan fingerprint density at radius 1 is 1.17 bits per heavy atom. The van der Waals surface area contributed by atoms with Crippen molar-refractivity contribution in [3.8, 4) is 0 Å². The van der Waals surface area contributed by atoms with E-state index in [4.69, 9.17) is 0 Å². The van der Waals surface area contributed by atoms with E-state index in [1.165, 1.54) is 5.56 Å². The van der Waals surface area contributed by atoms with Crippen molar-refractivity contribution >= 4 is 17.5 Å². The molecule has 23 heavy (non-hydrogen) atoms. The number of amides is 1. The fourth-order valence-corrected chi connectivity index (χ4v) is 2.22. The first-order valence-corrected chi connectivity index (χ1v) is 7.81. The number of nitrogens with zero attached hydrogens (tertiary/aromatic N) is 2. The van der Waals surface area contributed by atoms with Crippen LogP contribution in [0.4, 0.5) is 11.6 Å². The highest BCUT2D eigenvalue weighted by Crippen LogP contribution is 2.19. The second kappa shape index (κ2) is 6.77. The molecule has 0 saturated carbocycles. The number of nitrogens with one attached hydrogen (secondary N) is 2. The Kier molecular flexibility index (Phi) is 4.98. The first-order chi connectivity index (χ1) is 10.8. The van der Waals surface area contributed by atoms with Crippen molar-refractivity contribution in [3.05, 3.63) is 47.3 Å². The van der Waals surface area contributed by atoms with E-state index in [0.29, 0.717) is 11.6 Å². The molecular weight excluding hydrogens is 288 g/mol. The molecule has 5 heteroatoms. The maximum absolute atomic E-state index is 12.3. The Morgan fingerprint density at radius 3 is 2.52 bits per heavy atom. The molecule has 1 aromatic heterocycles. The summed E-state index contributed by atoms with van der Waals surface area (Å²) in [5.74, 6) is 0.236. The van der Waals surface area contributed by atoms with Gasteiger partial charge in [0.1, 0.15) is 5.69 Å². The van der Waals surface area contributed by atoms with E-state index in [9.17, 15) is 4.79 Å². The third-order valence-electron chi connectivity index (χ3n) is 3.22. The number of aromatic nitrogens is 2. The van der Waals surface area contributed by atoms with Gasteiger partial charge in [-0.25, -0.2) is 9.97 Å². The van der Waals surface area contributed by atoms with Gasteiger partial charge in [0.2, 0.25) is 5.95 Å². The first kappa shape index (κ1) is 16.9. The van der Waals surface area contributed by atoms with E-state index >= 15 is 0 Å². The molecule has 122 valence electrons. The molecule has 2 aromatic rings. The van der Waals surface area contributed by atoms with Crippen LogP contribution in [0.5, 0.6) is 0 Å². The van der Waals surface area contributed by atoms with Crippen molar-refractivity contribution in [2.45, 2.75) is 46.6 Å². The quantitative estimate of drug-likeness (QED) is 0.905. The maximum Gasteiger partial charge on any atom is 0.270 e. The standard InChI is InChI=1S/C18H24N4O/c1-6-13-9-7-8-10-14(13)20-17-19-12(2)11-15(21-17)16(23)22-18(3,4)5/h7-11H,6H2,1-5H3,(H,22,23)(H,19,20,21). The van der Waals surface area contributed by atoms with E-state index in [-0.39, 0.29) is 11.4 Å². The summed E-state index contributed by atoms with van der Waals surface area (Å²) in [7, 11) is 0. The van der Waals surface area contributed by atoms with Crippen molar-refractivity contribution in [2.75, 3.05) is 5.32 Å². The summed E-state index contributed by atoms with van der Waals surface area (Å²) in [5.41, 5.74) is 2.94. The predicted molar refractivity (Wildman–Crippen MR) is 93.1 cm³/mol. The molecule has 2 N–H and O–H groups in total. The predicted octanol–water partition coefficient (Wildman–Crippen LogP) is 3.62. The average molecular weight is 312 g/mol. The highest BCUT2D eigenvalue weighted by molar-refractivity contribution is 5.93. The Balaban J connectivity index is 2.29. The lowest BCUT2D eigenvalue weighted by Gasteiger charge is -2.20. The molecule has 0 unspecified atom stereocenters. The first-order valence-electron chi connectivity index (χ1n) is 7.81. The van der Waals surface area contributed by atoms with Gasteiger partial charge in [0.05, 0.1) is 0 Å². The summed E-state index contributed by atoms with van der Waals surface area (Å²) in [5, 5.41) is 6.14. The lowest BCUT2D eigenvalue weighted by atomic mass is 10.1. The topological polar surface area (TPSA) is 66.9 Å². The van der Waals surface area contributed by atoms with Crippen LogP contribution in [0.2, 0.25) is 0 Å². The molecular formula is C18H24N4O. The summed E-state index contributed by atoms with van der Waals surface area (Å²) in [6, 6.07) is 9.70. The van der Waals surface area contributed by atoms with E-state index in [1.807, 2.05) is 45.9 Å². The van der Waals surface area contributed by atoms with E-state index < -0.39 is 0 Å². The molecule has 0 fully saturated rings. The summed E-state index contributed by atoms with van der Waals surface area (Å²) in [6.07, 6.45) is 0.909. The van der Waals surface area contributed by atoms with Crippen LogP contribution in [0, 0.1) is 6.92 Å². The SMILES string of the molecule is CCc1ccccc1Nc1nc(C)cc(C(=O)NC(C)(C)C)n1. The average Bonchev–Trinajstić information content (AvgIpc) is 2.45. The largest absolute Gasteiger partial charge is 0.346 e. The third kappa shape index (κ3) is 4.77. The van der Waals surface area contributed by atoms with Gasteiger partial charge in [-0.3, -0.25) is 4.79 Å². The van der Waals surface area contributed by atoms with Crippen molar-refractivity contribution in [1.29, 1.82) is 0 Å². The van der Waals surface area contributed by atoms with E-state index in [2.05, 4.69) is 33.6 Å². The van der Waals surface area contributed by atoms with Gasteiger partial charge in [0.25, 0.3) is 5.91 Å². The molecule has 1 amide bonds. The third-order valence-corrected chi connectivity index (χ3v) is 3.22. The van der Waals surface area contributed by atoms with Gasteiger partial charge >= 0.3 is 0 Å². The highest BCUT2D eigenvalue weighted by atomic mass is 16.2. The summed E-state index contributed by atoms with van der Waals surface area (Å²) < 4.78 is 0. The molecule has 0 saturated heterocycles. The van der Waals surface area contributed by atoms with Crippen LogP contribution in [0.15, 0.2) is 30.3 Å². The Hall–Kier alpha value is -2.43. The van der Waals surface area contributed by atoms with Crippen LogP contribution >= 0.6 is 0 Å². The molecule has 0 aliphatic carbocycles. The van der Waals surface area contributed by atoms with Gasteiger partial charge in [0, 0.05) is 16.9 Å². The second-order valence-corrected chi connectivity index (χ2v) is 6.56. The Bertz CT molecular complexity index is 704. The zero-order valence-electron chi connectivity index (χ0n) is 14.4. The number of hydrogen-bond donors (Lipinski definition) is 2. The lowest BCUT2D eigenvalue weighted by molar-refractivity contribution is 0.0914. The highest BCUT2D eigenvalue weighted by Gasteiger charge is 2.17. The Labute approximate surface area is 137 Å². The van der Waals surface area contributed by atoms with Crippen molar-refractivity contribution < 1.29 is 4.79 Å². The van der Waals surface area contributed by atoms with Crippen LogP contribution in [-0.2, 0) is 6.42 Å². The number of benzene rings is 1. The molecule has 5 nitrogen and oxygen atoms in total. The van der Waals surface area contributed by atoms with Crippen molar-refractivity contribution in [1.82, 2.24) is 15.3 Å². The summed E-state index contributed by atoms with van der Waals surface area (Å²) in [6.45, 7) is 9.77. The lowest BCUT2D eigenvalue weighted by Crippen LogP contribution is -2.41. The summed E-state index contributed by atoms with van der Waals surface area (Å²) in [4.78, 5) is 21.0. The zero-order chi connectivity index (χ0) is 17.0. The van der Waals surface area contributed by atoms with Gasteiger partial charge in [-0.1, -0.05) is 25.1 Å². The van der Waals surface area contributed by atoms with Gasteiger partial charge in [-0.05, 0) is 51.8 Å². The van der Waals surface area contributed by atoms with Gasteiger partial charge < -0.3 is 10.6 Å². The fourth-order valence-electron chi connectivity index (χ4n) is 2.22. The molecule has 0 radical (unpaired) electrons. The summed E-state index contributed by atoms with van der Waals surface area (Å²) >= 11 is 0. The van der Waals surface area contributed by atoms with Crippen LogP contribution in [0.3, 0.4) is 0 Å². The number of carbonyl (C=O) groups is 1. The van der Waals surface area contributed by atoms with Gasteiger partial charge in [-0.2, -0.15) is 0 Å². The molecule has 0 bridgehead atoms. The number of anilines is 2. The zero-order valence-corrected chi connectivity index (χ0v) is 14.4. The molecule has 0 spiro atoms. The number of para-hydroxylation sites is 1. The molecule has 0 atom stereocenters. The van der Waals surface area contributed by atoms with Gasteiger partial charge in [-0.15, -0.1) is 0 Å². The number of carbonyl (C=O) groups excluding carboxylic acids is 1. The Morgan fingerprint density at radius 2 is 1.87 bits per heavy atom. The number of hydrogen-bond acceptors (Lipinski definition) is 4. The van der Waals surface area contributed by atoms with Crippen LogP contribution in [0.1, 0.15) is 49.4 Å². The van der Waals surface area contributed by atoms with Crippen molar-refractivity contribution in [3.63, 3.8) is 0 Å². The fraction of sp³-hybridized carbons (Fsp3) is 0.389. The minimum Gasteiger partial charge on any atom is -0.346 e. The molecule has 1 aromatic carbocycles. The smallest absolute Gasteiger partial charge is 0.270 e. The second-order valence-electron chi connectivity index (χ2n) is 6.56. The molecule has 1 heterocycles. The maximum atomic E-state index is 12.3. The van der Waals surface area contributed by atoms with Gasteiger partial charge in [0.15, 0.2) is 0 Å². The molecule has 0 aliphatic heterocycles. The van der Waals surface area contributed by atoms with E-state index in [1.54, 1.807) is 6.07 Å². The normalized spacial score (nSPS) is 11.2. The van der Waals surface area contributed by atoms with Crippen LogP contribution in [-0.4, -0.2) is 21.4 Å². The molecule has 2 rings (SSSR count). The molecule has 0 aliphatic rings. The number of aryl methyl sites for hydroxylation is 2. The van der Waals surface area contributed by atoms with E-state index in [0.717, 1.165) is 17.8 Å². The monoisotopic (exact) mass is 312 g/mol. The minimum absolute atomic E-state index is 0.199. The number of rotatable bonds is 4. The van der Waals surface area contributed by atoms with Crippen molar-refractivity contribution in [2.24, 2.45) is 0 Å².